The Morgan fingerprint density at radius 3 is 1.49 bits per heavy atom. The van der Waals surface area contributed by atoms with Crippen molar-refractivity contribution in [2.75, 3.05) is 9.80 Å². The van der Waals surface area contributed by atoms with E-state index in [1.165, 1.54) is 138 Å². The van der Waals surface area contributed by atoms with Gasteiger partial charge in [-0.2, -0.15) is 0 Å². The summed E-state index contributed by atoms with van der Waals surface area (Å²) in [5.74, 6) is 1.41. The molecule has 2 nitrogen and oxygen atoms in total. The Bertz CT molecular complexity index is 3260. The van der Waals surface area contributed by atoms with Gasteiger partial charge in [0.15, 0.2) is 0 Å². The average Bonchev–Trinajstić information content (AvgIpc) is 3.88. The van der Waals surface area contributed by atoms with Gasteiger partial charge >= 0.3 is 0 Å². The molecule has 0 amide bonds. The topological polar surface area (TPSA) is 6.48 Å². The van der Waals surface area contributed by atoms with Gasteiger partial charge in [0.05, 0.1) is 11.1 Å². The summed E-state index contributed by atoms with van der Waals surface area (Å²) in [4.78, 5) is 5.39. The van der Waals surface area contributed by atoms with Gasteiger partial charge < -0.3 is 9.80 Å². The highest BCUT2D eigenvalue weighted by Gasteiger charge is 2.60. The summed E-state index contributed by atoms with van der Waals surface area (Å²) in [5.41, 5.74) is 19.6. The fourth-order valence-electron chi connectivity index (χ4n) is 14.7. The second kappa shape index (κ2) is 13.7. The van der Waals surface area contributed by atoms with E-state index in [-0.39, 0.29) is 21.9 Å². The molecule has 2 heteroatoms. The molecule has 8 aromatic rings. The van der Waals surface area contributed by atoms with E-state index in [0.29, 0.717) is 11.8 Å². The van der Waals surface area contributed by atoms with E-state index in [2.05, 4.69) is 209 Å². The van der Waals surface area contributed by atoms with Gasteiger partial charge in [-0.05, 0) is 202 Å². The van der Waals surface area contributed by atoms with Crippen LogP contribution in [0.3, 0.4) is 0 Å². The molecule has 0 spiro atoms. The minimum atomic E-state index is 0.0138. The molecule has 2 fully saturated rings. The molecule has 322 valence electrons. The zero-order valence-electron chi connectivity index (χ0n) is 39.0. The Morgan fingerprint density at radius 1 is 0.446 bits per heavy atom. The SMILES string of the molecule is CC1CCC2(C)c3cc(-c4ccc5c(c4)Cc4c-5c5ccccc5c5cc(-c6ccc7c(c6)C6(C)CCC(C)CC6(C)N7c6ccccc6)ccc45)ccc3N(c3ccccc3)C2(C)C1. The Balaban J connectivity index is 0.892. The highest BCUT2D eigenvalue weighted by Crippen LogP contribution is 2.64. The lowest BCUT2D eigenvalue weighted by Gasteiger charge is -2.52. The number of para-hydroxylation sites is 2. The van der Waals surface area contributed by atoms with E-state index >= 15 is 0 Å². The number of anilines is 4. The summed E-state index contributed by atoms with van der Waals surface area (Å²) in [7, 11) is 0. The van der Waals surface area contributed by atoms with Crippen LogP contribution in [0.2, 0.25) is 0 Å². The first kappa shape index (κ1) is 39.3. The summed E-state index contributed by atoms with van der Waals surface area (Å²) in [6, 6.07) is 61.0. The van der Waals surface area contributed by atoms with Crippen LogP contribution in [0.4, 0.5) is 22.7 Å². The maximum atomic E-state index is 2.69. The minimum Gasteiger partial charge on any atom is -0.334 e. The number of nitrogens with zero attached hydrogens (tertiary/aromatic N) is 2. The van der Waals surface area contributed by atoms with E-state index in [4.69, 9.17) is 0 Å². The molecule has 65 heavy (non-hydrogen) atoms. The molecule has 6 unspecified atom stereocenters. The van der Waals surface area contributed by atoms with Crippen LogP contribution in [0.1, 0.15) is 102 Å². The molecule has 0 N–H and O–H groups in total. The largest absolute Gasteiger partial charge is 0.334 e. The molecule has 0 saturated heterocycles. The van der Waals surface area contributed by atoms with Gasteiger partial charge in [0, 0.05) is 33.6 Å². The number of fused-ring (bicyclic) bond motifs is 14. The van der Waals surface area contributed by atoms with Crippen molar-refractivity contribution in [2.24, 2.45) is 11.8 Å². The molecule has 0 radical (unpaired) electrons. The first-order chi connectivity index (χ1) is 31.5. The summed E-state index contributed by atoms with van der Waals surface area (Å²) < 4.78 is 0. The highest BCUT2D eigenvalue weighted by molar-refractivity contribution is 6.18. The Morgan fingerprint density at radius 2 is 0.923 bits per heavy atom. The lowest BCUT2D eigenvalue weighted by Crippen LogP contribution is -2.56. The van der Waals surface area contributed by atoms with Gasteiger partial charge in [0.25, 0.3) is 0 Å². The summed E-state index contributed by atoms with van der Waals surface area (Å²) in [6.07, 6.45) is 8.30. The van der Waals surface area contributed by atoms with Gasteiger partial charge in [-0.3, -0.25) is 0 Å². The van der Waals surface area contributed by atoms with Crippen molar-refractivity contribution >= 4 is 44.3 Å². The van der Waals surface area contributed by atoms with Crippen LogP contribution in [0.25, 0.3) is 54.9 Å². The lowest BCUT2D eigenvalue weighted by atomic mass is 9.59. The van der Waals surface area contributed by atoms with Crippen molar-refractivity contribution in [3.8, 4) is 33.4 Å². The molecular formula is C63H60N2. The van der Waals surface area contributed by atoms with Crippen molar-refractivity contribution in [1.82, 2.24) is 0 Å². The lowest BCUT2D eigenvalue weighted by molar-refractivity contribution is 0.154. The number of rotatable bonds is 4. The molecule has 8 aromatic carbocycles. The van der Waals surface area contributed by atoms with Crippen LogP contribution >= 0.6 is 0 Å². The van der Waals surface area contributed by atoms with Gasteiger partial charge in [-0.15, -0.1) is 0 Å². The Labute approximate surface area is 386 Å². The molecule has 0 bridgehead atoms. The van der Waals surface area contributed by atoms with Crippen molar-refractivity contribution in [3.05, 3.63) is 180 Å². The zero-order valence-corrected chi connectivity index (χ0v) is 39.0. The third-order valence-corrected chi connectivity index (χ3v) is 18.4. The number of hydrogen-bond acceptors (Lipinski definition) is 2. The van der Waals surface area contributed by atoms with Crippen molar-refractivity contribution in [2.45, 2.75) is 108 Å². The van der Waals surface area contributed by atoms with E-state index in [9.17, 15) is 0 Å². The molecular weight excluding hydrogens is 785 g/mol. The van der Waals surface area contributed by atoms with Crippen LogP contribution < -0.4 is 9.80 Å². The van der Waals surface area contributed by atoms with Gasteiger partial charge in [-0.25, -0.2) is 0 Å². The highest BCUT2D eigenvalue weighted by atomic mass is 15.3. The van der Waals surface area contributed by atoms with Crippen LogP contribution in [0.15, 0.2) is 158 Å². The van der Waals surface area contributed by atoms with Crippen LogP contribution in [0.5, 0.6) is 0 Å². The molecule has 2 saturated carbocycles. The smallest absolute Gasteiger partial charge is 0.0520 e. The van der Waals surface area contributed by atoms with Crippen molar-refractivity contribution < 1.29 is 0 Å². The maximum absolute atomic E-state index is 2.69. The zero-order chi connectivity index (χ0) is 44.0. The Kier molecular flexibility index (Phi) is 8.28. The normalized spacial score (nSPS) is 27.3. The van der Waals surface area contributed by atoms with Crippen LogP contribution in [-0.2, 0) is 17.3 Å². The third kappa shape index (κ3) is 5.29. The van der Waals surface area contributed by atoms with Crippen LogP contribution in [0, 0.1) is 11.8 Å². The van der Waals surface area contributed by atoms with Gasteiger partial charge in [0.1, 0.15) is 0 Å². The maximum Gasteiger partial charge on any atom is 0.0520 e. The monoisotopic (exact) mass is 844 g/mol. The number of benzene rings is 8. The summed E-state index contributed by atoms with van der Waals surface area (Å²) in [6.45, 7) is 15.1. The van der Waals surface area contributed by atoms with Crippen LogP contribution in [-0.4, -0.2) is 11.1 Å². The molecule has 3 aliphatic carbocycles. The average molecular weight is 845 g/mol. The van der Waals surface area contributed by atoms with E-state index in [1.54, 1.807) is 0 Å². The van der Waals surface area contributed by atoms with E-state index in [1.807, 2.05) is 0 Å². The summed E-state index contributed by atoms with van der Waals surface area (Å²) in [5, 5.41) is 5.45. The predicted molar refractivity (Wildman–Crippen MR) is 275 cm³/mol. The van der Waals surface area contributed by atoms with E-state index < -0.39 is 0 Å². The predicted octanol–water partition coefficient (Wildman–Crippen LogP) is 16.9. The molecule has 13 rings (SSSR count). The molecule has 2 aliphatic heterocycles. The molecule has 0 aromatic heterocycles. The first-order valence-electron chi connectivity index (χ1n) is 24.6. The fourth-order valence-corrected chi connectivity index (χ4v) is 14.7. The fraction of sp³-hybridized carbons (Fsp3) is 0.302. The quantitative estimate of drug-likeness (QED) is 0.163. The molecule has 5 aliphatic rings. The summed E-state index contributed by atoms with van der Waals surface area (Å²) >= 11 is 0. The second-order valence-electron chi connectivity index (χ2n) is 21.9. The standard InChI is InChI=1S/C63H60N2/c1-40-29-31-60(3)55-36-44(23-27-57(55)64(62(60,5)38-40)47-15-9-7-10-16-47)42-21-25-49-46(33-42)35-54-51-26-22-43(34-53(51)50-19-13-14-20-52(50)59(49)54)45-24-28-58-56(37-45)61(4)32-30-41(2)39-63(61,6)65(58)48-17-11-8-12-18-48/h7-28,33-34,36-37,40-41H,29-32,35,38-39H2,1-6H3. The molecule has 2 heterocycles. The van der Waals surface area contributed by atoms with Crippen molar-refractivity contribution in [3.63, 3.8) is 0 Å². The second-order valence-corrected chi connectivity index (χ2v) is 21.9. The minimum absolute atomic E-state index is 0.0138. The first-order valence-corrected chi connectivity index (χ1v) is 24.6. The third-order valence-electron chi connectivity index (χ3n) is 18.4. The van der Waals surface area contributed by atoms with Gasteiger partial charge in [0.2, 0.25) is 0 Å². The van der Waals surface area contributed by atoms with Crippen molar-refractivity contribution in [1.29, 1.82) is 0 Å². The van der Waals surface area contributed by atoms with E-state index in [0.717, 1.165) is 6.42 Å². The number of hydrogen-bond donors (Lipinski definition) is 0. The Hall–Kier alpha value is -6.12. The molecule has 6 atom stereocenters. The van der Waals surface area contributed by atoms with Gasteiger partial charge in [-0.1, -0.05) is 131 Å².